The number of phenols is 1. The van der Waals surface area contributed by atoms with Crippen molar-refractivity contribution in [2.45, 2.75) is 84.6 Å². The number of rotatable bonds is 4. The lowest BCUT2D eigenvalue weighted by Crippen LogP contribution is -2.46. The van der Waals surface area contributed by atoms with E-state index in [0.717, 1.165) is 29.2 Å². The van der Waals surface area contributed by atoms with Gasteiger partial charge in [-0.2, -0.15) is 0 Å². The minimum absolute atomic E-state index is 0.103. The average molecular weight is 424 g/mol. The van der Waals surface area contributed by atoms with Gasteiger partial charge in [-0.3, -0.25) is 4.79 Å². The number of amides is 1. The van der Waals surface area contributed by atoms with Crippen molar-refractivity contribution in [3.05, 3.63) is 58.7 Å². The highest BCUT2D eigenvalue weighted by atomic mass is 28.3. The number of nitrogens with zero attached hydrogens (tertiary/aromatic N) is 1. The fourth-order valence-corrected chi connectivity index (χ4v) is 6.97. The van der Waals surface area contributed by atoms with Crippen molar-refractivity contribution in [2.24, 2.45) is 0 Å². The van der Waals surface area contributed by atoms with E-state index in [4.69, 9.17) is 0 Å². The van der Waals surface area contributed by atoms with E-state index in [1.165, 1.54) is 11.1 Å². The van der Waals surface area contributed by atoms with Crippen LogP contribution in [0, 0.1) is 0 Å². The van der Waals surface area contributed by atoms with Crippen LogP contribution in [0.5, 0.6) is 5.75 Å². The van der Waals surface area contributed by atoms with Crippen LogP contribution in [-0.4, -0.2) is 36.1 Å². The number of hydrogen-bond acceptors (Lipinski definition) is 2. The molecule has 4 aliphatic rings. The van der Waals surface area contributed by atoms with E-state index in [1.807, 2.05) is 11.0 Å². The first-order valence-corrected chi connectivity index (χ1v) is 14.8. The van der Waals surface area contributed by atoms with Crippen molar-refractivity contribution in [3.63, 3.8) is 0 Å². The highest BCUT2D eigenvalue weighted by molar-refractivity contribution is 6.89. The van der Waals surface area contributed by atoms with Gasteiger partial charge in [-0.15, -0.1) is 0 Å². The number of aromatic hydroxyl groups is 1. The van der Waals surface area contributed by atoms with E-state index >= 15 is 0 Å². The maximum atomic E-state index is 13.8. The van der Waals surface area contributed by atoms with Gasteiger partial charge >= 0.3 is 0 Å². The first kappa shape index (κ1) is 22.6. The van der Waals surface area contributed by atoms with Crippen molar-refractivity contribution < 1.29 is 9.90 Å². The summed E-state index contributed by atoms with van der Waals surface area (Å²) in [6.07, 6.45) is 2.48. The Morgan fingerprint density at radius 2 is 1.50 bits per heavy atom. The third-order valence-electron chi connectivity index (χ3n) is 6.23. The maximum Gasteiger partial charge on any atom is 0.231 e. The first-order valence-electron chi connectivity index (χ1n) is 11.3. The minimum atomic E-state index is -1.81. The van der Waals surface area contributed by atoms with Gasteiger partial charge in [0.2, 0.25) is 5.91 Å². The Hall–Kier alpha value is -2.07. The Bertz CT molecular complexity index is 902. The number of aryl methyl sites for hydroxylation is 2. The van der Waals surface area contributed by atoms with E-state index < -0.39 is 8.07 Å². The second-order valence-corrected chi connectivity index (χ2v) is 15.3. The predicted molar refractivity (Wildman–Crippen MR) is 128 cm³/mol. The second-order valence-electron chi connectivity index (χ2n) is 10.3. The topological polar surface area (TPSA) is 40.5 Å². The van der Waals surface area contributed by atoms with Crippen molar-refractivity contribution in [2.75, 3.05) is 0 Å². The largest absolute Gasteiger partial charge is 0.508 e. The molecule has 1 amide bonds. The van der Waals surface area contributed by atoms with Crippen LogP contribution in [0.4, 0.5) is 0 Å². The molecular formula is C26H37NO2Si. The molecule has 2 aromatic rings. The molecular weight excluding hydrogens is 386 g/mol. The van der Waals surface area contributed by atoms with Crippen LogP contribution in [0.25, 0.3) is 0 Å². The Kier molecular flexibility index (Phi) is 6.47. The third kappa shape index (κ3) is 4.49. The molecule has 1 atom stereocenters. The first-order chi connectivity index (χ1) is 14.0. The van der Waals surface area contributed by atoms with E-state index in [1.54, 1.807) is 0 Å². The van der Waals surface area contributed by atoms with E-state index in [9.17, 15) is 9.90 Å². The maximum absolute atomic E-state index is 13.8. The third-order valence-corrected chi connectivity index (χ3v) is 8.29. The Balaban J connectivity index is 2.22. The average Bonchev–Trinajstić information content (AvgIpc) is 2.62. The van der Waals surface area contributed by atoms with Gasteiger partial charge in [0.25, 0.3) is 0 Å². The lowest BCUT2D eigenvalue weighted by molar-refractivity contribution is -0.136. The van der Waals surface area contributed by atoms with Gasteiger partial charge in [-0.25, -0.2) is 0 Å². The van der Waals surface area contributed by atoms with Gasteiger partial charge < -0.3 is 10.0 Å². The Morgan fingerprint density at radius 1 is 0.933 bits per heavy atom. The van der Waals surface area contributed by atoms with Gasteiger partial charge in [0.1, 0.15) is 5.75 Å². The summed E-state index contributed by atoms with van der Waals surface area (Å²) >= 11 is 0. The molecule has 0 heterocycles. The normalized spacial score (nSPS) is 16.6. The van der Waals surface area contributed by atoms with Crippen molar-refractivity contribution >= 4 is 19.2 Å². The molecule has 0 aliphatic heterocycles. The smallest absolute Gasteiger partial charge is 0.231 e. The number of phenolic OH excluding ortho intramolecular Hbond substituents is 1. The summed E-state index contributed by atoms with van der Waals surface area (Å²) in [6, 6.07) is 13.1. The van der Waals surface area contributed by atoms with Crippen LogP contribution >= 0.6 is 0 Å². The van der Waals surface area contributed by atoms with Gasteiger partial charge in [0, 0.05) is 17.6 Å². The summed E-state index contributed by atoms with van der Waals surface area (Å²) in [7, 11) is -1.81. The van der Waals surface area contributed by atoms with E-state index in [0.29, 0.717) is 12.2 Å². The standard InChI is InChI=1S/C26H37NO2Si/c1-17(2)27(18(3)4)26(29)23-16-20-10-8-19(9-11-20)12-13-21-14-15-22(23)24(28)25(21)30(5,6)7/h8-11,14-15,17-18,23,28H,12-13,16H2,1-7H3/t23-/m1/s1. The SMILES string of the molecule is CC(C)N(C(=O)[C@@H]1Cc2ccc(cc2)CCc2ccc1c(O)c2[Si](C)(C)C)C(C)C. The molecule has 2 aromatic carbocycles. The monoisotopic (exact) mass is 423 g/mol. The molecule has 0 radical (unpaired) electrons. The zero-order valence-electron chi connectivity index (χ0n) is 19.6. The summed E-state index contributed by atoms with van der Waals surface area (Å²) in [5.41, 5.74) is 4.47. The predicted octanol–water partition coefficient (Wildman–Crippen LogP) is 5.01. The molecule has 0 aromatic heterocycles. The van der Waals surface area contributed by atoms with Gasteiger partial charge in [-0.1, -0.05) is 56.0 Å². The molecule has 0 saturated carbocycles. The highest BCUT2D eigenvalue weighted by Gasteiger charge is 2.34. The minimum Gasteiger partial charge on any atom is -0.508 e. The van der Waals surface area contributed by atoms with Crippen LogP contribution in [0.3, 0.4) is 0 Å². The van der Waals surface area contributed by atoms with Crippen molar-refractivity contribution in [1.82, 2.24) is 4.90 Å². The quantitative estimate of drug-likeness (QED) is 0.703. The van der Waals surface area contributed by atoms with Crippen LogP contribution in [0.15, 0.2) is 36.4 Å². The molecule has 30 heavy (non-hydrogen) atoms. The van der Waals surface area contributed by atoms with Crippen LogP contribution in [0.2, 0.25) is 19.6 Å². The zero-order chi connectivity index (χ0) is 22.2. The molecule has 3 nitrogen and oxygen atoms in total. The highest BCUT2D eigenvalue weighted by Crippen LogP contribution is 2.34. The number of benzene rings is 2. The van der Waals surface area contributed by atoms with Crippen molar-refractivity contribution in [1.29, 1.82) is 0 Å². The summed E-state index contributed by atoms with van der Waals surface area (Å²) in [5.74, 6) is 0.0856. The molecule has 4 aliphatic carbocycles. The summed E-state index contributed by atoms with van der Waals surface area (Å²) in [4.78, 5) is 15.8. The molecule has 162 valence electrons. The van der Waals surface area contributed by atoms with E-state index in [-0.39, 0.29) is 23.9 Å². The molecule has 4 heteroatoms. The zero-order valence-corrected chi connectivity index (χ0v) is 20.6. The molecule has 6 rings (SSSR count). The van der Waals surface area contributed by atoms with Crippen molar-refractivity contribution in [3.8, 4) is 5.75 Å². The van der Waals surface area contributed by atoms with Gasteiger partial charge in [-0.05, 0) is 68.8 Å². The summed E-state index contributed by atoms with van der Waals surface area (Å²) < 4.78 is 0. The lowest BCUT2D eigenvalue weighted by atomic mass is 9.87. The summed E-state index contributed by atoms with van der Waals surface area (Å²) in [5, 5.41) is 12.6. The number of hydrogen-bond donors (Lipinski definition) is 1. The van der Waals surface area contributed by atoms with Crippen LogP contribution < -0.4 is 5.19 Å². The van der Waals surface area contributed by atoms with Crippen LogP contribution in [0.1, 0.15) is 55.9 Å². The Labute approximate surface area is 183 Å². The molecule has 4 bridgehead atoms. The molecule has 0 unspecified atom stereocenters. The number of carbonyl (C=O) groups is 1. The fourth-order valence-electron chi connectivity index (χ4n) is 4.95. The molecule has 0 spiro atoms. The van der Waals surface area contributed by atoms with E-state index in [2.05, 4.69) is 77.7 Å². The van der Waals surface area contributed by atoms with Gasteiger partial charge in [0.15, 0.2) is 0 Å². The lowest BCUT2D eigenvalue weighted by Gasteiger charge is -2.35. The molecule has 0 saturated heterocycles. The molecule has 0 fully saturated rings. The number of carbonyl (C=O) groups excluding carboxylic acids is 1. The fraction of sp³-hybridized carbons (Fsp3) is 0.500. The Morgan fingerprint density at radius 3 is 2.03 bits per heavy atom. The molecule has 1 N–H and O–H groups in total. The second kappa shape index (κ2) is 8.58. The summed E-state index contributed by atoms with van der Waals surface area (Å²) in [6.45, 7) is 15.1. The van der Waals surface area contributed by atoms with Crippen LogP contribution in [-0.2, 0) is 24.1 Å². The van der Waals surface area contributed by atoms with Gasteiger partial charge in [0.05, 0.1) is 14.0 Å².